The van der Waals surface area contributed by atoms with Gasteiger partial charge in [0.25, 0.3) is 5.91 Å². The number of nitrogens with one attached hydrogen (secondary N) is 2. The number of carbonyl (C=O) groups is 1. The van der Waals surface area contributed by atoms with E-state index in [1.807, 2.05) is 12.1 Å². The summed E-state index contributed by atoms with van der Waals surface area (Å²) in [5.41, 5.74) is 8.08. The number of aromatic nitrogens is 2. The van der Waals surface area contributed by atoms with Crippen LogP contribution in [-0.4, -0.2) is 51.3 Å². The van der Waals surface area contributed by atoms with Crippen molar-refractivity contribution in [3.63, 3.8) is 0 Å². The Morgan fingerprint density at radius 3 is 2.26 bits per heavy atom. The summed E-state index contributed by atoms with van der Waals surface area (Å²) >= 11 is 0. The lowest BCUT2D eigenvalue weighted by Crippen LogP contribution is -2.44. The van der Waals surface area contributed by atoms with Crippen LogP contribution in [0.2, 0.25) is 0 Å². The van der Waals surface area contributed by atoms with Crippen molar-refractivity contribution in [2.24, 2.45) is 0 Å². The quantitative estimate of drug-likeness (QED) is 0.301. The molecule has 34 heavy (non-hydrogen) atoms. The number of amides is 1. The number of hydrogen-bond acceptors (Lipinski definition) is 5. The molecule has 7 heteroatoms. The second-order valence-corrected chi connectivity index (χ2v) is 8.98. The largest absolute Gasteiger partial charge is 0.373 e. The highest BCUT2D eigenvalue weighted by atomic mass is 16.5. The van der Waals surface area contributed by atoms with Gasteiger partial charge < -0.3 is 9.72 Å². The molecule has 1 aliphatic rings. The molecule has 1 saturated heterocycles. The lowest BCUT2D eigenvalue weighted by Gasteiger charge is -2.35. The Balaban J connectivity index is 1.30. The van der Waals surface area contributed by atoms with Gasteiger partial charge in [0.15, 0.2) is 0 Å². The summed E-state index contributed by atoms with van der Waals surface area (Å²) in [6.07, 6.45) is 0.547. The van der Waals surface area contributed by atoms with E-state index in [-0.39, 0.29) is 12.2 Å². The summed E-state index contributed by atoms with van der Waals surface area (Å²) in [6.45, 7) is 7.13. The maximum absolute atomic E-state index is 11.7. The predicted molar refractivity (Wildman–Crippen MR) is 132 cm³/mol. The van der Waals surface area contributed by atoms with Crippen LogP contribution in [0.15, 0.2) is 66.7 Å². The molecular weight excluding hydrogens is 428 g/mol. The molecule has 1 aliphatic heterocycles. The SMILES string of the molecule is CC1CN(Cc2ccc(-c3ccc(-c4nc5ccc(C(=O)NO)cc5[nH]4)cc3)cc2)CC(C)O1. The third-order valence-corrected chi connectivity index (χ3v) is 6.19. The predicted octanol–water partition coefficient (Wildman–Crippen LogP) is 4.63. The summed E-state index contributed by atoms with van der Waals surface area (Å²) in [6, 6.07) is 22.1. The maximum atomic E-state index is 11.7. The Hall–Kier alpha value is -3.52. The van der Waals surface area contributed by atoms with Gasteiger partial charge in [0.05, 0.1) is 23.2 Å². The minimum absolute atomic E-state index is 0.274. The zero-order valence-electron chi connectivity index (χ0n) is 19.3. The van der Waals surface area contributed by atoms with Gasteiger partial charge in [-0.3, -0.25) is 14.9 Å². The minimum Gasteiger partial charge on any atom is -0.373 e. The summed E-state index contributed by atoms with van der Waals surface area (Å²) < 4.78 is 5.84. The zero-order valence-corrected chi connectivity index (χ0v) is 19.3. The van der Waals surface area contributed by atoms with Crippen molar-refractivity contribution in [3.05, 3.63) is 77.9 Å². The molecule has 1 amide bonds. The van der Waals surface area contributed by atoms with Gasteiger partial charge in [-0.15, -0.1) is 0 Å². The maximum Gasteiger partial charge on any atom is 0.274 e. The lowest BCUT2D eigenvalue weighted by atomic mass is 10.0. The highest BCUT2D eigenvalue weighted by molar-refractivity contribution is 5.97. The molecule has 3 N–H and O–H groups in total. The summed E-state index contributed by atoms with van der Waals surface area (Å²) in [4.78, 5) is 22.0. The van der Waals surface area contributed by atoms with Crippen LogP contribution in [0.1, 0.15) is 29.8 Å². The molecule has 3 aromatic carbocycles. The van der Waals surface area contributed by atoms with Crippen molar-refractivity contribution in [2.75, 3.05) is 13.1 Å². The fraction of sp³-hybridized carbons (Fsp3) is 0.259. The molecule has 174 valence electrons. The number of aromatic amines is 1. The second-order valence-electron chi connectivity index (χ2n) is 8.98. The van der Waals surface area contributed by atoms with Crippen LogP contribution in [0, 0.1) is 0 Å². The summed E-state index contributed by atoms with van der Waals surface area (Å²) in [5.74, 6) is 0.176. The van der Waals surface area contributed by atoms with Crippen LogP contribution in [-0.2, 0) is 11.3 Å². The first-order chi connectivity index (χ1) is 16.5. The van der Waals surface area contributed by atoms with Crippen LogP contribution in [0.4, 0.5) is 0 Å². The molecule has 2 unspecified atom stereocenters. The van der Waals surface area contributed by atoms with Crippen LogP contribution in [0.5, 0.6) is 0 Å². The number of ether oxygens (including phenoxy) is 1. The van der Waals surface area contributed by atoms with Gasteiger partial charge in [-0.2, -0.15) is 0 Å². The highest BCUT2D eigenvalue weighted by Crippen LogP contribution is 2.26. The molecule has 0 bridgehead atoms. The van der Waals surface area contributed by atoms with Crippen molar-refractivity contribution in [1.82, 2.24) is 20.3 Å². The number of imidazole rings is 1. The van der Waals surface area contributed by atoms with Crippen molar-refractivity contribution in [2.45, 2.75) is 32.6 Å². The first-order valence-corrected chi connectivity index (χ1v) is 11.5. The molecule has 5 rings (SSSR count). The van der Waals surface area contributed by atoms with E-state index < -0.39 is 5.91 Å². The number of hydrogen-bond donors (Lipinski definition) is 3. The van der Waals surface area contributed by atoms with E-state index in [4.69, 9.17) is 9.94 Å². The third-order valence-electron chi connectivity index (χ3n) is 6.19. The Morgan fingerprint density at radius 2 is 1.62 bits per heavy atom. The van der Waals surface area contributed by atoms with Gasteiger partial charge in [-0.1, -0.05) is 48.5 Å². The van der Waals surface area contributed by atoms with E-state index >= 15 is 0 Å². The molecule has 1 fully saturated rings. The van der Waals surface area contributed by atoms with Crippen LogP contribution in [0.25, 0.3) is 33.5 Å². The fourth-order valence-corrected chi connectivity index (χ4v) is 4.65. The van der Waals surface area contributed by atoms with Gasteiger partial charge in [0.2, 0.25) is 0 Å². The third kappa shape index (κ3) is 4.72. The molecule has 0 spiro atoms. The Labute approximate surface area is 198 Å². The first-order valence-electron chi connectivity index (χ1n) is 11.5. The van der Waals surface area contributed by atoms with E-state index in [9.17, 15) is 4.79 Å². The number of carbonyl (C=O) groups excluding carboxylic acids is 1. The molecule has 0 radical (unpaired) electrons. The van der Waals surface area contributed by atoms with E-state index in [1.165, 1.54) is 11.1 Å². The van der Waals surface area contributed by atoms with Gasteiger partial charge in [0.1, 0.15) is 5.82 Å². The molecule has 4 aromatic rings. The first kappa shape index (κ1) is 22.3. The molecule has 0 aliphatic carbocycles. The normalized spacial score (nSPS) is 18.8. The van der Waals surface area contributed by atoms with Gasteiger partial charge in [-0.05, 0) is 48.7 Å². The highest BCUT2D eigenvalue weighted by Gasteiger charge is 2.22. The topological polar surface area (TPSA) is 90.5 Å². The van der Waals surface area contributed by atoms with E-state index in [1.54, 1.807) is 23.7 Å². The number of benzene rings is 3. The fourth-order valence-electron chi connectivity index (χ4n) is 4.65. The van der Waals surface area contributed by atoms with Crippen molar-refractivity contribution in [3.8, 4) is 22.5 Å². The van der Waals surface area contributed by atoms with E-state index in [0.717, 1.165) is 47.6 Å². The number of nitrogens with zero attached hydrogens (tertiary/aromatic N) is 2. The Morgan fingerprint density at radius 1 is 1.00 bits per heavy atom. The van der Waals surface area contributed by atoms with E-state index in [0.29, 0.717) is 5.56 Å². The number of morpholine rings is 1. The summed E-state index contributed by atoms with van der Waals surface area (Å²) in [5, 5.41) is 8.84. The number of hydroxylamine groups is 1. The number of fused-ring (bicyclic) bond motifs is 1. The smallest absolute Gasteiger partial charge is 0.274 e. The monoisotopic (exact) mass is 456 g/mol. The average molecular weight is 457 g/mol. The van der Waals surface area contributed by atoms with Gasteiger partial charge in [0, 0.05) is 30.8 Å². The second kappa shape index (κ2) is 9.38. The molecule has 7 nitrogen and oxygen atoms in total. The van der Waals surface area contributed by atoms with Crippen molar-refractivity contribution < 1.29 is 14.7 Å². The Bertz CT molecular complexity index is 1290. The lowest BCUT2D eigenvalue weighted by molar-refractivity contribution is -0.0704. The molecular formula is C27H28N4O3. The van der Waals surface area contributed by atoms with Crippen LogP contribution < -0.4 is 5.48 Å². The molecule has 2 atom stereocenters. The number of H-pyrrole nitrogens is 1. The Kier molecular flexibility index (Phi) is 6.15. The molecule has 1 aromatic heterocycles. The average Bonchev–Trinajstić information content (AvgIpc) is 3.27. The van der Waals surface area contributed by atoms with Crippen LogP contribution in [0.3, 0.4) is 0 Å². The van der Waals surface area contributed by atoms with Crippen molar-refractivity contribution in [1.29, 1.82) is 0 Å². The number of rotatable bonds is 5. The molecule has 2 heterocycles. The van der Waals surface area contributed by atoms with Crippen molar-refractivity contribution >= 4 is 16.9 Å². The zero-order chi connectivity index (χ0) is 23.7. The van der Waals surface area contributed by atoms with E-state index in [2.05, 4.69) is 65.1 Å². The van der Waals surface area contributed by atoms with Gasteiger partial charge in [-0.25, -0.2) is 10.5 Å². The van der Waals surface area contributed by atoms with Crippen LogP contribution >= 0.6 is 0 Å². The molecule has 0 saturated carbocycles. The summed E-state index contributed by atoms with van der Waals surface area (Å²) in [7, 11) is 0. The minimum atomic E-state index is -0.553. The standard InChI is InChI=1S/C27H28N4O3/c1-17-14-31(15-18(2)34-17)16-19-3-5-20(6-4-19)21-7-9-22(10-8-21)26-28-24-12-11-23(27(32)30-33)13-25(24)29-26/h3-13,17-18,33H,14-16H2,1-2H3,(H,28,29)(H,30,32). The van der Waals surface area contributed by atoms with Gasteiger partial charge >= 0.3 is 0 Å².